The summed E-state index contributed by atoms with van der Waals surface area (Å²) in [6, 6.07) is 20.2. The molecule has 5 aromatic rings. The third kappa shape index (κ3) is 3.61. The molecule has 2 N–H and O–H groups in total. The smallest absolute Gasteiger partial charge is 0.278 e. The van der Waals surface area contributed by atoms with Crippen LogP contribution < -0.4 is 15.9 Å². The van der Waals surface area contributed by atoms with Crippen LogP contribution in [0.1, 0.15) is 11.1 Å². The van der Waals surface area contributed by atoms with Crippen molar-refractivity contribution in [2.75, 3.05) is 5.73 Å². The minimum Gasteiger partial charge on any atom is -0.317 e. The fraction of sp³-hybridized carbons (Fsp3) is 0.0800. The number of aromatic nitrogens is 3. The van der Waals surface area contributed by atoms with E-state index < -0.39 is 9.84 Å². The summed E-state index contributed by atoms with van der Waals surface area (Å²) >= 11 is 5.95. The van der Waals surface area contributed by atoms with Crippen LogP contribution >= 0.6 is 11.6 Å². The van der Waals surface area contributed by atoms with E-state index in [1.165, 1.54) is 34.7 Å². The Morgan fingerprint density at radius 3 is 2.44 bits per heavy atom. The lowest BCUT2D eigenvalue weighted by molar-refractivity contribution is -0.651. The maximum Gasteiger partial charge on any atom is 0.278 e. The number of nitrogen functional groups attached to an aromatic ring is 1. The minimum atomic E-state index is -4.05. The van der Waals surface area contributed by atoms with Crippen molar-refractivity contribution in [2.45, 2.75) is 23.3 Å². The average Bonchev–Trinajstić information content (AvgIpc) is 2.82. The number of sulfone groups is 1. The number of aryl methyl sites for hydroxylation is 1. The molecule has 0 bridgehead atoms. The highest BCUT2D eigenvalue weighted by Crippen LogP contribution is 2.27. The van der Waals surface area contributed by atoms with E-state index in [1.807, 2.05) is 43.3 Å². The van der Waals surface area contributed by atoms with Crippen LogP contribution in [0.4, 0.5) is 5.82 Å². The van der Waals surface area contributed by atoms with E-state index in [1.54, 1.807) is 16.8 Å². The Hall–Kier alpha value is -3.75. The van der Waals surface area contributed by atoms with E-state index in [0.29, 0.717) is 16.3 Å². The summed E-state index contributed by atoms with van der Waals surface area (Å²) in [4.78, 5) is 18.1. The van der Waals surface area contributed by atoms with Gasteiger partial charge in [0, 0.05) is 16.8 Å². The maximum atomic E-state index is 13.6. The maximum absolute atomic E-state index is 13.6. The third-order valence-corrected chi connectivity index (χ3v) is 7.79. The molecule has 0 saturated heterocycles. The topological polar surface area (TPSA) is 98.4 Å². The van der Waals surface area contributed by atoms with Gasteiger partial charge in [0.05, 0.1) is 11.4 Å². The molecule has 0 spiro atoms. The van der Waals surface area contributed by atoms with Crippen molar-refractivity contribution in [3.8, 4) is 0 Å². The van der Waals surface area contributed by atoms with Crippen LogP contribution in [-0.4, -0.2) is 17.8 Å². The van der Waals surface area contributed by atoms with Gasteiger partial charge in [-0.05, 0) is 48.9 Å². The van der Waals surface area contributed by atoms with Crippen LogP contribution in [0.3, 0.4) is 0 Å². The highest BCUT2D eigenvalue weighted by atomic mass is 35.5. The van der Waals surface area contributed by atoms with Gasteiger partial charge in [-0.1, -0.05) is 53.0 Å². The first-order valence-corrected chi connectivity index (χ1v) is 12.3. The molecule has 34 heavy (non-hydrogen) atoms. The molecule has 0 aliphatic heterocycles. The van der Waals surface area contributed by atoms with Crippen molar-refractivity contribution in [1.29, 1.82) is 0 Å². The Bertz CT molecular complexity index is 1730. The van der Waals surface area contributed by atoms with Crippen LogP contribution in [0.2, 0.25) is 5.02 Å². The monoisotopic (exact) mass is 491 g/mol. The third-order valence-electron chi connectivity index (χ3n) is 5.74. The van der Waals surface area contributed by atoms with Crippen molar-refractivity contribution < 1.29 is 13.0 Å². The highest BCUT2D eigenvalue weighted by Gasteiger charge is 2.29. The lowest BCUT2D eigenvalue weighted by Crippen LogP contribution is -2.42. The lowest BCUT2D eigenvalue weighted by atomic mass is 10.2. The SMILES string of the molecule is Cc1cccn2c(=O)c3cc(S(=O)(=O)c4ccc(Cl)cc4)c(N)[n+](Cc4ccccc4)c3nc12. The van der Waals surface area contributed by atoms with Crippen LogP contribution in [0.25, 0.3) is 16.7 Å². The van der Waals surface area contributed by atoms with E-state index >= 15 is 0 Å². The lowest BCUT2D eigenvalue weighted by Gasteiger charge is -2.13. The highest BCUT2D eigenvalue weighted by molar-refractivity contribution is 7.91. The zero-order chi connectivity index (χ0) is 24.0. The van der Waals surface area contributed by atoms with Crippen LogP contribution in [0.15, 0.2) is 93.6 Å². The molecule has 7 nitrogen and oxygen atoms in total. The zero-order valence-corrected chi connectivity index (χ0v) is 19.7. The molecule has 0 aliphatic carbocycles. The van der Waals surface area contributed by atoms with Crippen molar-refractivity contribution in [2.24, 2.45) is 0 Å². The number of pyridine rings is 2. The van der Waals surface area contributed by atoms with Gasteiger partial charge >= 0.3 is 0 Å². The molecule has 0 saturated carbocycles. The summed E-state index contributed by atoms with van der Waals surface area (Å²) in [6.07, 6.45) is 1.61. The fourth-order valence-corrected chi connectivity index (χ4v) is 5.50. The molecule has 2 aromatic carbocycles. The molecule has 9 heteroatoms. The largest absolute Gasteiger partial charge is 0.317 e. The molecule has 0 fully saturated rings. The van der Waals surface area contributed by atoms with Gasteiger partial charge in [0.15, 0.2) is 0 Å². The molecule has 3 aromatic heterocycles. The minimum absolute atomic E-state index is 0.00358. The second-order valence-corrected chi connectivity index (χ2v) is 10.3. The number of benzene rings is 2. The Kier molecular flexibility index (Phi) is 5.34. The molecule has 0 atom stereocenters. The second kappa shape index (κ2) is 8.23. The first kappa shape index (κ1) is 22.1. The molecule has 5 rings (SSSR count). The van der Waals surface area contributed by atoms with Crippen LogP contribution in [0, 0.1) is 6.92 Å². The van der Waals surface area contributed by atoms with Gasteiger partial charge in [-0.2, -0.15) is 0 Å². The summed E-state index contributed by atoms with van der Waals surface area (Å²) in [5.41, 5.74) is 8.60. The number of halogens is 1. The van der Waals surface area contributed by atoms with E-state index in [-0.39, 0.29) is 33.1 Å². The summed E-state index contributed by atoms with van der Waals surface area (Å²) in [6.45, 7) is 2.10. The molecule has 0 amide bonds. The molecule has 3 heterocycles. The number of nitrogens with two attached hydrogens (primary N) is 1. The van der Waals surface area contributed by atoms with Crippen LogP contribution in [-0.2, 0) is 16.4 Å². The number of hydrogen-bond acceptors (Lipinski definition) is 5. The predicted octanol–water partition coefficient (Wildman–Crippen LogP) is 3.56. The van der Waals surface area contributed by atoms with Gasteiger partial charge in [-0.15, -0.1) is 0 Å². The average molecular weight is 492 g/mol. The van der Waals surface area contributed by atoms with E-state index in [4.69, 9.17) is 22.3 Å². The number of nitrogens with zero attached hydrogens (tertiary/aromatic N) is 3. The van der Waals surface area contributed by atoms with E-state index in [0.717, 1.165) is 11.1 Å². The van der Waals surface area contributed by atoms with Gasteiger partial charge < -0.3 is 5.73 Å². The fourth-order valence-electron chi connectivity index (χ4n) is 3.97. The number of anilines is 1. The first-order chi connectivity index (χ1) is 16.3. The first-order valence-electron chi connectivity index (χ1n) is 10.5. The standard InChI is InChI=1S/C25H19ClN4O3S/c1-16-6-5-13-29-23(16)28-24-20(25(29)31)14-21(34(32,33)19-11-9-18(26)10-12-19)22(27)30(24)15-17-7-3-2-4-8-17/h2-14,27H,15H2,1H3/p+1. The quantitative estimate of drug-likeness (QED) is 0.306. The Morgan fingerprint density at radius 1 is 1.03 bits per heavy atom. The number of rotatable bonds is 4. The van der Waals surface area contributed by atoms with Crippen molar-refractivity contribution in [1.82, 2.24) is 9.38 Å². The Morgan fingerprint density at radius 2 is 1.74 bits per heavy atom. The molecular formula is C25H20ClN4O3S+. The van der Waals surface area contributed by atoms with Crippen molar-refractivity contribution >= 4 is 43.9 Å². The molecule has 0 unspecified atom stereocenters. The van der Waals surface area contributed by atoms with Gasteiger partial charge in [-0.25, -0.2) is 13.0 Å². The number of hydrogen-bond donors (Lipinski definition) is 1. The van der Waals surface area contributed by atoms with Crippen molar-refractivity contribution in [3.05, 3.63) is 105 Å². The normalized spacial score (nSPS) is 11.8. The predicted molar refractivity (Wildman–Crippen MR) is 131 cm³/mol. The van der Waals surface area contributed by atoms with Gasteiger partial charge in [0.2, 0.25) is 21.3 Å². The summed E-state index contributed by atoms with van der Waals surface area (Å²) in [7, 11) is -4.05. The van der Waals surface area contributed by atoms with E-state index in [9.17, 15) is 13.2 Å². The summed E-state index contributed by atoms with van der Waals surface area (Å²) in [5, 5.41) is 0.564. The molecule has 0 aliphatic rings. The Labute approximate surface area is 200 Å². The molecule has 0 radical (unpaired) electrons. The summed E-state index contributed by atoms with van der Waals surface area (Å²) in [5.74, 6) is -0.00358. The van der Waals surface area contributed by atoms with Crippen molar-refractivity contribution in [3.63, 3.8) is 0 Å². The second-order valence-electron chi connectivity index (χ2n) is 7.96. The zero-order valence-electron chi connectivity index (χ0n) is 18.1. The van der Waals surface area contributed by atoms with Crippen LogP contribution in [0.5, 0.6) is 0 Å². The molecular weight excluding hydrogens is 472 g/mol. The van der Waals surface area contributed by atoms with Gasteiger partial charge in [0.1, 0.15) is 10.3 Å². The number of fused-ring (bicyclic) bond motifs is 2. The Balaban J connectivity index is 1.88. The van der Waals surface area contributed by atoms with Gasteiger partial charge in [0.25, 0.3) is 11.2 Å². The summed E-state index contributed by atoms with van der Waals surface area (Å²) < 4.78 is 30.2. The molecule has 170 valence electrons. The van der Waals surface area contributed by atoms with Gasteiger partial charge in [-0.3, -0.25) is 9.20 Å². The van der Waals surface area contributed by atoms with E-state index in [2.05, 4.69) is 0 Å².